The zero-order chi connectivity index (χ0) is 16.3. The Labute approximate surface area is 128 Å². The Morgan fingerprint density at radius 3 is 2.41 bits per heavy atom. The number of benzene rings is 1. The van der Waals surface area contributed by atoms with Crippen molar-refractivity contribution in [3.05, 3.63) is 53.2 Å². The number of hydrazine groups is 1. The van der Waals surface area contributed by atoms with E-state index in [1.165, 1.54) is 12.1 Å². The number of aryl methyl sites for hydroxylation is 2. The SMILES string of the molecule is Cc1cc(C)c(C(=O)NNS(=O)(=O)c2ccccc2)c(N)n1. The molecule has 0 atom stereocenters. The molecule has 0 spiro atoms. The van der Waals surface area contributed by atoms with Crippen LogP contribution >= 0.6 is 0 Å². The molecule has 0 saturated carbocycles. The fourth-order valence-corrected chi connectivity index (χ4v) is 2.86. The van der Waals surface area contributed by atoms with Crippen molar-refractivity contribution in [2.45, 2.75) is 18.7 Å². The van der Waals surface area contributed by atoms with Crippen molar-refractivity contribution in [2.24, 2.45) is 0 Å². The van der Waals surface area contributed by atoms with Crippen molar-refractivity contribution in [1.82, 2.24) is 15.2 Å². The van der Waals surface area contributed by atoms with Gasteiger partial charge in [0, 0.05) is 5.69 Å². The van der Waals surface area contributed by atoms with E-state index in [2.05, 4.69) is 10.4 Å². The van der Waals surface area contributed by atoms with Gasteiger partial charge in [0.1, 0.15) is 5.82 Å². The number of nitrogens with one attached hydrogen (secondary N) is 2. The van der Waals surface area contributed by atoms with Gasteiger partial charge in [-0.05, 0) is 37.6 Å². The van der Waals surface area contributed by atoms with Crippen LogP contribution in [-0.4, -0.2) is 19.3 Å². The maximum atomic E-state index is 12.1. The summed E-state index contributed by atoms with van der Waals surface area (Å²) in [7, 11) is -3.84. The van der Waals surface area contributed by atoms with Crippen LogP contribution in [0.3, 0.4) is 0 Å². The highest BCUT2D eigenvalue weighted by atomic mass is 32.2. The summed E-state index contributed by atoms with van der Waals surface area (Å²) < 4.78 is 24.0. The standard InChI is InChI=1S/C14H16N4O3S/c1-9-8-10(2)16-13(15)12(9)14(19)17-18-22(20,21)11-6-4-3-5-7-11/h3-8,18H,1-2H3,(H2,15,16)(H,17,19). The van der Waals surface area contributed by atoms with Gasteiger partial charge < -0.3 is 5.73 Å². The summed E-state index contributed by atoms with van der Waals surface area (Å²) in [5.74, 6) is -0.615. The topological polar surface area (TPSA) is 114 Å². The van der Waals surface area contributed by atoms with Crippen LogP contribution in [0.4, 0.5) is 5.82 Å². The van der Waals surface area contributed by atoms with E-state index in [9.17, 15) is 13.2 Å². The summed E-state index contributed by atoms with van der Waals surface area (Å²) in [6.45, 7) is 3.45. The number of amides is 1. The normalized spacial score (nSPS) is 11.2. The molecule has 0 radical (unpaired) electrons. The lowest BCUT2D eigenvalue weighted by atomic mass is 10.1. The second kappa shape index (κ2) is 6.12. The zero-order valence-corrected chi connectivity index (χ0v) is 12.9. The molecule has 116 valence electrons. The molecule has 22 heavy (non-hydrogen) atoms. The van der Waals surface area contributed by atoms with E-state index in [-0.39, 0.29) is 16.3 Å². The van der Waals surface area contributed by atoms with Crippen LogP contribution in [-0.2, 0) is 10.0 Å². The molecular formula is C14H16N4O3S. The van der Waals surface area contributed by atoms with Crippen LogP contribution in [0.1, 0.15) is 21.6 Å². The fourth-order valence-electron chi connectivity index (χ4n) is 2.00. The smallest absolute Gasteiger partial charge is 0.270 e. The summed E-state index contributed by atoms with van der Waals surface area (Å²) in [6, 6.07) is 9.39. The third-order valence-electron chi connectivity index (χ3n) is 2.95. The van der Waals surface area contributed by atoms with Gasteiger partial charge in [0.25, 0.3) is 15.9 Å². The van der Waals surface area contributed by atoms with Crippen molar-refractivity contribution in [3.8, 4) is 0 Å². The number of carbonyl (C=O) groups excluding carboxylic acids is 1. The third-order valence-corrected chi connectivity index (χ3v) is 4.22. The minimum Gasteiger partial charge on any atom is -0.383 e. The molecule has 0 unspecified atom stereocenters. The van der Waals surface area contributed by atoms with E-state index in [4.69, 9.17) is 5.73 Å². The highest BCUT2D eigenvalue weighted by molar-refractivity contribution is 7.89. The van der Waals surface area contributed by atoms with Gasteiger partial charge >= 0.3 is 0 Å². The highest BCUT2D eigenvalue weighted by Crippen LogP contribution is 2.15. The first-order valence-corrected chi connectivity index (χ1v) is 7.90. The highest BCUT2D eigenvalue weighted by Gasteiger charge is 2.18. The quantitative estimate of drug-likeness (QED) is 0.724. The van der Waals surface area contributed by atoms with Crippen LogP contribution in [0.2, 0.25) is 0 Å². The first-order chi connectivity index (χ1) is 10.3. The number of carbonyl (C=O) groups is 1. The van der Waals surface area contributed by atoms with Gasteiger partial charge in [-0.1, -0.05) is 18.2 Å². The Bertz CT molecular complexity index is 781. The maximum Gasteiger partial charge on any atom is 0.270 e. The molecule has 0 aliphatic heterocycles. The van der Waals surface area contributed by atoms with Gasteiger partial charge in [0.2, 0.25) is 0 Å². The number of rotatable bonds is 4. The Balaban J connectivity index is 2.18. The van der Waals surface area contributed by atoms with Crippen molar-refractivity contribution < 1.29 is 13.2 Å². The van der Waals surface area contributed by atoms with Crippen molar-refractivity contribution in [2.75, 3.05) is 5.73 Å². The number of anilines is 1. The number of nitrogen functional groups attached to an aromatic ring is 1. The molecule has 4 N–H and O–H groups in total. The molecule has 0 fully saturated rings. The van der Waals surface area contributed by atoms with Crippen LogP contribution < -0.4 is 16.0 Å². The lowest BCUT2D eigenvalue weighted by molar-refractivity contribution is 0.0945. The first-order valence-electron chi connectivity index (χ1n) is 6.42. The molecule has 1 heterocycles. The average Bonchev–Trinajstić information content (AvgIpc) is 2.45. The predicted molar refractivity (Wildman–Crippen MR) is 82.4 cm³/mol. The molecule has 8 heteroatoms. The third kappa shape index (κ3) is 3.41. The molecule has 0 aliphatic carbocycles. The van der Waals surface area contributed by atoms with Crippen molar-refractivity contribution in [1.29, 1.82) is 0 Å². The second-order valence-corrected chi connectivity index (χ2v) is 6.40. The number of nitrogens with zero attached hydrogens (tertiary/aromatic N) is 1. The summed E-state index contributed by atoms with van der Waals surface area (Å²) in [4.78, 5) is 18.2. The molecule has 1 amide bonds. The maximum absolute atomic E-state index is 12.1. The summed E-state index contributed by atoms with van der Waals surface area (Å²) in [5.41, 5.74) is 9.30. The van der Waals surface area contributed by atoms with Gasteiger partial charge in [-0.2, -0.15) is 0 Å². The molecule has 1 aromatic carbocycles. The second-order valence-electron chi connectivity index (χ2n) is 4.71. The first kappa shape index (κ1) is 15.9. The number of hydrogen-bond acceptors (Lipinski definition) is 5. The van der Waals surface area contributed by atoms with E-state index in [1.54, 1.807) is 38.1 Å². The van der Waals surface area contributed by atoms with E-state index < -0.39 is 15.9 Å². The lowest BCUT2D eigenvalue weighted by Gasteiger charge is -2.11. The summed E-state index contributed by atoms with van der Waals surface area (Å²) in [5, 5.41) is 0. The number of sulfonamides is 1. The van der Waals surface area contributed by atoms with E-state index in [0.717, 1.165) is 0 Å². The number of nitrogens with two attached hydrogens (primary N) is 1. The molecule has 1 aromatic heterocycles. The average molecular weight is 320 g/mol. The molecule has 2 rings (SSSR count). The van der Waals surface area contributed by atoms with Crippen LogP contribution in [0, 0.1) is 13.8 Å². The van der Waals surface area contributed by atoms with E-state index >= 15 is 0 Å². The number of hydrogen-bond donors (Lipinski definition) is 3. The van der Waals surface area contributed by atoms with Crippen LogP contribution in [0.25, 0.3) is 0 Å². The lowest BCUT2D eigenvalue weighted by Crippen LogP contribution is -2.42. The summed E-state index contributed by atoms with van der Waals surface area (Å²) >= 11 is 0. The van der Waals surface area contributed by atoms with Gasteiger partial charge in [-0.15, -0.1) is 4.83 Å². The molecular weight excluding hydrogens is 304 g/mol. The predicted octanol–water partition coefficient (Wildman–Crippen LogP) is 0.904. The minimum atomic E-state index is -3.84. The van der Waals surface area contributed by atoms with Gasteiger partial charge in [-0.25, -0.2) is 13.4 Å². The summed E-state index contributed by atoms with van der Waals surface area (Å²) in [6.07, 6.45) is 0. The molecule has 0 saturated heterocycles. The largest absolute Gasteiger partial charge is 0.383 e. The van der Waals surface area contributed by atoms with Gasteiger partial charge in [-0.3, -0.25) is 10.2 Å². The molecule has 0 bridgehead atoms. The molecule has 0 aliphatic rings. The monoisotopic (exact) mass is 320 g/mol. The van der Waals surface area contributed by atoms with Crippen LogP contribution in [0.5, 0.6) is 0 Å². The van der Waals surface area contributed by atoms with Gasteiger partial charge in [0.05, 0.1) is 10.5 Å². The van der Waals surface area contributed by atoms with E-state index in [1.807, 2.05) is 4.83 Å². The number of pyridine rings is 1. The van der Waals surface area contributed by atoms with E-state index in [0.29, 0.717) is 11.3 Å². The van der Waals surface area contributed by atoms with Crippen LogP contribution in [0.15, 0.2) is 41.3 Å². The van der Waals surface area contributed by atoms with Gasteiger partial charge in [0.15, 0.2) is 0 Å². The zero-order valence-electron chi connectivity index (χ0n) is 12.1. The number of aromatic nitrogens is 1. The fraction of sp³-hybridized carbons (Fsp3) is 0.143. The van der Waals surface area contributed by atoms with Crippen molar-refractivity contribution in [3.63, 3.8) is 0 Å². The van der Waals surface area contributed by atoms with Crippen molar-refractivity contribution >= 4 is 21.7 Å². The molecule has 7 nitrogen and oxygen atoms in total. The Hall–Kier alpha value is -2.45. The Morgan fingerprint density at radius 2 is 1.82 bits per heavy atom. The Morgan fingerprint density at radius 1 is 1.18 bits per heavy atom. The minimum absolute atomic E-state index is 0.0435. The Kier molecular flexibility index (Phi) is 4.43. The molecule has 2 aromatic rings.